The molecule has 0 aromatic heterocycles. The predicted octanol–water partition coefficient (Wildman–Crippen LogP) is 3.28. The number of likely N-dealkylation sites (N-methyl/N-ethyl adjacent to an activating group) is 1. The Morgan fingerprint density at radius 1 is 1.14 bits per heavy atom. The summed E-state index contributed by atoms with van der Waals surface area (Å²) in [4.78, 5) is 14.3. The topological polar surface area (TPSA) is 66.9 Å². The molecule has 1 aliphatic rings. The Balaban J connectivity index is 1.70. The Morgan fingerprint density at radius 3 is 2.50 bits per heavy atom. The van der Waals surface area contributed by atoms with Gasteiger partial charge in [-0.15, -0.1) is 0 Å². The van der Waals surface area contributed by atoms with E-state index in [1.807, 2.05) is 30.3 Å². The lowest BCUT2D eigenvalue weighted by atomic mass is 10.2. The van der Waals surface area contributed by atoms with Crippen molar-refractivity contribution in [3.05, 3.63) is 59.1 Å². The van der Waals surface area contributed by atoms with Crippen molar-refractivity contribution in [2.75, 3.05) is 33.3 Å². The smallest absolute Gasteiger partial charge is 0.255 e. The normalized spacial score (nSPS) is 14.8. The number of amides is 1. The minimum Gasteiger partial charge on any atom is -0.492 e. The molecular weight excluding hydrogens is 400 g/mol. The molecule has 1 saturated heterocycles. The first-order valence-electron chi connectivity index (χ1n) is 9.12. The van der Waals surface area contributed by atoms with Crippen molar-refractivity contribution in [3.8, 4) is 5.75 Å². The van der Waals surface area contributed by atoms with Gasteiger partial charge in [-0.05, 0) is 43.2 Å². The van der Waals surface area contributed by atoms with Crippen LogP contribution in [0.4, 0.5) is 0 Å². The van der Waals surface area contributed by atoms with E-state index < -0.39 is 10.0 Å². The highest BCUT2D eigenvalue weighted by atomic mass is 35.5. The number of halogens is 1. The van der Waals surface area contributed by atoms with Crippen LogP contribution in [0.2, 0.25) is 5.02 Å². The zero-order valence-corrected chi connectivity index (χ0v) is 17.2. The molecule has 2 aromatic rings. The van der Waals surface area contributed by atoms with E-state index in [2.05, 4.69) is 0 Å². The number of rotatable bonds is 7. The van der Waals surface area contributed by atoms with E-state index in [0.29, 0.717) is 26.2 Å². The van der Waals surface area contributed by atoms with Gasteiger partial charge >= 0.3 is 0 Å². The second kappa shape index (κ2) is 8.94. The molecular formula is C20H23ClN2O4S. The quantitative estimate of drug-likeness (QED) is 0.686. The largest absolute Gasteiger partial charge is 0.492 e. The summed E-state index contributed by atoms with van der Waals surface area (Å²) in [7, 11) is -1.98. The summed E-state index contributed by atoms with van der Waals surface area (Å²) in [5.41, 5.74) is 0.171. The Hall–Kier alpha value is -2.09. The van der Waals surface area contributed by atoms with E-state index in [1.54, 1.807) is 7.05 Å². The number of sulfonamides is 1. The third-order valence-electron chi connectivity index (χ3n) is 4.66. The molecule has 1 fully saturated rings. The molecule has 28 heavy (non-hydrogen) atoms. The van der Waals surface area contributed by atoms with E-state index in [0.717, 1.165) is 18.6 Å². The first-order chi connectivity index (χ1) is 13.4. The fraction of sp³-hybridized carbons (Fsp3) is 0.350. The predicted molar refractivity (Wildman–Crippen MR) is 108 cm³/mol. The first-order valence-corrected chi connectivity index (χ1v) is 10.9. The Labute approximate surface area is 170 Å². The lowest BCUT2D eigenvalue weighted by Crippen LogP contribution is -2.32. The van der Waals surface area contributed by atoms with E-state index >= 15 is 0 Å². The summed E-state index contributed by atoms with van der Waals surface area (Å²) in [6.07, 6.45) is 1.70. The van der Waals surface area contributed by atoms with Crippen LogP contribution in [0, 0.1) is 0 Å². The van der Waals surface area contributed by atoms with Gasteiger partial charge in [-0.2, -0.15) is 4.31 Å². The van der Waals surface area contributed by atoms with E-state index in [4.69, 9.17) is 16.3 Å². The van der Waals surface area contributed by atoms with Crippen molar-refractivity contribution in [2.24, 2.45) is 0 Å². The molecule has 6 nitrogen and oxygen atoms in total. The number of carbonyl (C=O) groups is 1. The third-order valence-corrected chi connectivity index (χ3v) is 6.88. The highest BCUT2D eigenvalue weighted by Crippen LogP contribution is 2.26. The molecule has 0 N–H and O–H groups in total. The fourth-order valence-electron chi connectivity index (χ4n) is 3.03. The summed E-state index contributed by atoms with van der Waals surface area (Å²) in [5, 5.41) is 0.223. The van der Waals surface area contributed by atoms with Crippen LogP contribution in [-0.4, -0.2) is 56.8 Å². The molecule has 8 heteroatoms. The average molecular weight is 423 g/mol. The molecule has 3 rings (SSSR count). The first kappa shape index (κ1) is 20.6. The van der Waals surface area contributed by atoms with Crippen molar-refractivity contribution < 1.29 is 17.9 Å². The number of nitrogens with zero attached hydrogens (tertiary/aromatic N) is 2. The molecule has 0 bridgehead atoms. The van der Waals surface area contributed by atoms with Crippen LogP contribution in [0.1, 0.15) is 23.2 Å². The molecule has 0 atom stereocenters. The molecule has 1 amide bonds. The van der Waals surface area contributed by atoms with Gasteiger partial charge in [-0.25, -0.2) is 8.42 Å². The lowest BCUT2D eigenvalue weighted by molar-refractivity contribution is 0.0773. The minimum absolute atomic E-state index is 0.0936. The minimum atomic E-state index is -3.61. The maximum Gasteiger partial charge on any atom is 0.255 e. The summed E-state index contributed by atoms with van der Waals surface area (Å²) in [6.45, 7) is 1.67. The van der Waals surface area contributed by atoms with Gasteiger partial charge in [0.05, 0.1) is 22.0 Å². The van der Waals surface area contributed by atoms with E-state index in [9.17, 15) is 13.2 Å². The lowest BCUT2D eigenvalue weighted by Gasteiger charge is -2.20. The Kier molecular flexibility index (Phi) is 6.59. The van der Waals surface area contributed by atoms with Crippen molar-refractivity contribution in [3.63, 3.8) is 0 Å². The van der Waals surface area contributed by atoms with Gasteiger partial charge in [0.15, 0.2) is 0 Å². The number of benzene rings is 2. The molecule has 2 aromatic carbocycles. The maximum absolute atomic E-state index is 12.8. The van der Waals surface area contributed by atoms with Gasteiger partial charge < -0.3 is 9.64 Å². The number of hydrogen-bond donors (Lipinski definition) is 0. The van der Waals surface area contributed by atoms with Gasteiger partial charge in [0, 0.05) is 20.1 Å². The van der Waals surface area contributed by atoms with Crippen LogP contribution in [0.5, 0.6) is 5.75 Å². The van der Waals surface area contributed by atoms with Crippen LogP contribution >= 0.6 is 11.6 Å². The van der Waals surface area contributed by atoms with Gasteiger partial charge in [-0.1, -0.05) is 29.8 Å². The summed E-state index contributed by atoms with van der Waals surface area (Å²) < 4.78 is 32.6. The molecule has 0 spiro atoms. The number of ether oxygens (including phenoxy) is 1. The van der Waals surface area contributed by atoms with Gasteiger partial charge in [0.1, 0.15) is 12.4 Å². The monoisotopic (exact) mass is 422 g/mol. The second-order valence-corrected chi connectivity index (χ2v) is 8.99. The fourth-order valence-corrected chi connectivity index (χ4v) is 4.77. The highest BCUT2D eigenvalue weighted by molar-refractivity contribution is 7.89. The summed E-state index contributed by atoms with van der Waals surface area (Å²) >= 11 is 6.19. The van der Waals surface area contributed by atoms with Crippen molar-refractivity contribution in [1.29, 1.82) is 0 Å². The molecule has 150 valence electrons. The van der Waals surface area contributed by atoms with Crippen molar-refractivity contribution >= 4 is 27.5 Å². The third kappa shape index (κ3) is 4.66. The number of hydrogen-bond acceptors (Lipinski definition) is 4. The van der Waals surface area contributed by atoms with Crippen LogP contribution in [0.25, 0.3) is 0 Å². The highest BCUT2D eigenvalue weighted by Gasteiger charge is 2.28. The van der Waals surface area contributed by atoms with Gasteiger partial charge in [-0.3, -0.25) is 4.79 Å². The van der Waals surface area contributed by atoms with Crippen LogP contribution in [0.15, 0.2) is 53.4 Å². The number of para-hydroxylation sites is 1. The van der Waals surface area contributed by atoms with Gasteiger partial charge in [0.2, 0.25) is 10.0 Å². The maximum atomic E-state index is 12.8. The Bertz CT molecular complexity index is 928. The van der Waals surface area contributed by atoms with E-state index in [1.165, 1.54) is 27.4 Å². The SMILES string of the molecule is CN(CCOc1ccccc1)C(=O)c1cc(S(=O)(=O)N2CCCC2)ccc1Cl. The molecule has 0 aliphatic carbocycles. The second-order valence-electron chi connectivity index (χ2n) is 6.64. The molecule has 0 radical (unpaired) electrons. The van der Waals surface area contributed by atoms with Gasteiger partial charge in [0.25, 0.3) is 5.91 Å². The zero-order valence-electron chi connectivity index (χ0n) is 15.7. The molecule has 0 saturated carbocycles. The number of carbonyl (C=O) groups excluding carboxylic acids is 1. The molecule has 0 unspecified atom stereocenters. The summed E-state index contributed by atoms with van der Waals surface area (Å²) in [6, 6.07) is 13.6. The average Bonchev–Trinajstić information content (AvgIpc) is 3.24. The Morgan fingerprint density at radius 2 is 1.82 bits per heavy atom. The molecule has 1 aliphatic heterocycles. The van der Waals surface area contributed by atoms with Crippen LogP contribution < -0.4 is 4.74 Å². The van der Waals surface area contributed by atoms with E-state index in [-0.39, 0.29) is 21.4 Å². The van der Waals surface area contributed by atoms with Crippen molar-refractivity contribution in [2.45, 2.75) is 17.7 Å². The molecule has 1 heterocycles. The van der Waals surface area contributed by atoms with Crippen molar-refractivity contribution in [1.82, 2.24) is 9.21 Å². The van der Waals surface area contributed by atoms with Crippen LogP contribution in [-0.2, 0) is 10.0 Å². The zero-order chi connectivity index (χ0) is 20.1. The summed E-state index contributed by atoms with van der Waals surface area (Å²) in [5.74, 6) is 0.375. The standard InChI is InChI=1S/C20H23ClN2O4S/c1-22(13-14-27-16-7-3-2-4-8-16)20(24)18-15-17(9-10-19(18)21)28(25,26)23-11-5-6-12-23/h2-4,7-10,15H,5-6,11-14H2,1H3. The van der Waals surface area contributed by atoms with Crippen LogP contribution in [0.3, 0.4) is 0 Å².